The Morgan fingerprint density at radius 1 is 1.23 bits per heavy atom. The molecule has 0 saturated heterocycles. The van der Waals surface area contributed by atoms with Crippen LogP contribution in [0, 0.1) is 0 Å². The van der Waals surface area contributed by atoms with Crippen molar-refractivity contribution in [3.63, 3.8) is 0 Å². The zero-order valence-corrected chi connectivity index (χ0v) is 8.84. The van der Waals surface area contributed by atoms with Gasteiger partial charge in [0.2, 0.25) is 0 Å². The van der Waals surface area contributed by atoms with Crippen LogP contribution in [-0.2, 0) is 0 Å². The van der Waals surface area contributed by atoms with E-state index in [9.17, 15) is 0 Å². The normalized spacial score (nSPS) is 15.3. The zero-order valence-electron chi connectivity index (χ0n) is 8.03. The van der Waals surface area contributed by atoms with Crippen LogP contribution in [-0.4, -0.2) is 11.3 Å². The molecule has 1 aromatic carbocycles. The Kier molecular flexibility index (Phi) is 4.28. The fourth-order valence-electron chi connectivity index (χ4n) is 0.951. The summed E-state index contributed by atoms with van der Waals surface area (Å²) in [7, 11) is 0. The molecule has 0 aliphatic heterocycles. The predicted octanol–water partition coefficient (Wildman–Crippen LogP) is 2.02. The Bertz CT molecular complexity index is 238. The van der Waals surface area contributed by atoms with Crippen LogP contribution in [0.5, 0.6) is 0 Å². The molecule has 2 nitrogen and oxygen atoms in total. The van der Waals surface area contributed by atoms with E-state index < -0.39 is 0 Å². The number of thioether (sulfide) groups is 1. The smallest absolute Gasteiger partial charge is 0.0301 e. The van der Waals surface area contributed by atoms with E-state index in [1.54, 1.807) is 0 Å². The van der Waals surface area contributed by atoms with Gasteiger partial charge in [0.15, 0.2) is 0 Å². The van der Waals surface area contributed by atoms with Crippen LogP contribution >= 0.6 is 11.8 Å². The van der Waals surface area contributed by atoms with Gasteiger partial charge in [0.05, 0.1) is 0 Å². The maximum atomic E-state index is 5.36. The summed E-state index contributed by atoms with van der Waals surface area (Å²) in [5.74, 6) is 5.36. The van der Waals surface area contributed by atoms with Crippen LogP contribution in [0.3, 0.4) is 0 Å². The van der Waals surface area contributed by atoms with Crippen molar-refractivity contribution in [3.8, 4) is 0 Å². The molecule has 2 atom stereocenters. The van der Waals surface area contributed by atoms with Crippen molar-refractivity contribution in [2.75, 3.05) is 0 Å². The van der Waals surface area contributed by atoms with Gasteiger partial charge in [-0.2, -0.15) is 0 Å². The first-order valence-corrected chi connectivity index (χ1v) is 5.30. The lowest BCUT2D eigenvalue weighted by Gasteiger charge is -2.18. The van der Waals surface area contributed by atoms with Crippen molar-refractivity contribution in [2.24, 2.45) is 5.84 Å². The van der Waals surface area contributed by atoms with Crippen LogP contribution in [0.4, 0.5) is 0 Å². The lowest BCUT2D eigenvalue weighted by atomic mass is 10.3. The van der Waals surface area contributed by atoms with Crippen molar-refractivity contribution >= 4 is 11.8 Å². The quantitative estimate of drug-likeness (QED) is 0.439. The molecule has 13 heavy (non-hydrogen) atoms. The molecule has 1 rings (SSSR count). The van der Waals surface area contributed by atoms with Crippen LogP contribution in [0.1, 0.15) is 13.8 Å². The number of hydrogen-bond donors (Lipinski definition) is 2. The van der Waals surface area contributed by atoms with E-state index in [0.717, 1.165) is 0 Å². The Hall–Kier alpha value is -0.510. The van der Waals surface area contributed by atoms with Gasteiger partial charge in [-0.25, -0.2) is 0 Å². The molecule has 0 aliphatic carbocycles. The third-order valence-electron chi connectivity index (χ3n) is 2.03. The first kappa shape index (κ1) is 10.6. The standard InChI is InChI=1S/C10H16N2S/c1-8(12-11)9(2)13-10-6-4-3-5-7-10/h3-9,12H,11H2,1-2H3/t8-,9-/m0/s1. The van der Waals surface area contributed by atoms with Crippen molar-refractivity contribution in [2.45, 2.75) is 30.0 Å². The van der Waals surface area contributed by atoms with Crippen LogP contribution in [0.2, 0.25) is 0 Å². The van der Waals surface area contributed by atoms with Gasteiger partial charge in [-0.15, -0.1) is 11.8 Å². The summed E-state index contributed by atoms with van der Waals surface area (Å²) in [6.07, 6.45) is 0. The summed E-state index contributed by atoms with van der Waals surface area (Å²) in [4.78, 5) is 1.29. The monoisotopic (exact) mass is 196 g/mol. The Labute approximate surface area is 83.9 Å². The fourth-order valence-corrected chi connectivity index (χ4v) is 1.98. The van der Waals surface area contributed by atoms with Crippen molar-refractivity contribution < 1.29 is 0 Å². The lowest BCUT2D eigenvalue weighted by molar-refractivity contribution is 0.566. The molecule has 0 unspecified atom stereocenters. The molecule has 0 radical (unpaired) electrons. The average molecular weight is 196 g/mol. The first-order valence-electron chi connectivity index (χ1n) is 4.42. The second-order valence-electron chi connectivity index (χ2n) is 3.09. The number of nitrogens with one attached hydrogen (secondary N) is 1. The number of hydrazine groups is 1. The van der Waals surface area contributed by atoms with Crippen molar-refractivity contribution in [3.05, 3.63) is 30.3 Å². The summed E-state index contributed by atoms with van der Waals surface area (Å²) in [5, 5.41) is 0.479. The second-order valence-corrected chi connectivity index (χ2v) is 4.54. The highest BCUT2D eigenvalue weighted by Crippen LogP contribution is 2.24. The van der Waals surface area contributed by atoms with Gasteiger partial charge in [0, 0.05) is 16.2 Å². The van der Waals surface area contributed by atoms with Crippen LogP contribution in [0.15, 0.2) is 35.2 Å². The van der Waals surface area contributed by atoms with Gasteiger partial charge in [0.1, 0.15) is 0 Å². The molecule has 0 aromatic heterocycles. The zero-order chi connectivity index (χ0) is 9.68. The minimum absolute atomic E-state index is 0.324. The molecular formula is C10H16N2S. The fraction of sp³-hybridized carbons (Fsp3) is 0.400. The third kappa shape index (κ3) is 3.38. The van der Waals surface area contributed by atoms with E-state index in [4.69, 9.17) is 5.84 Å². The highest BCUT2D eigenvalue weighted by atomic mass is 32.2. The van der Waals surface area contributed by atoms with Gasteiger partial charge in [0.25, 0.3) is 0 Å². The predicted molar refractivity (Wildman–Crippen MR) is 58.5 cm³/mol. The molecule has 0 bridgehead atoms. The number of rotatable bonds is 4. The van der Waals surface area contributed by atoms with Gasteiger partial charge in [-0.1, -0.05) is 25.1 Å². The summed E-state index contributed by atoms with van der Waals surface area (Å²) < 4.78 is 0. The summed E-state index contributed by atoms with van der Waals surface area (Å²) >= 11 is 1.83. The minimum atomic E-state index is 0.324. The van der Waals surface area contributed by atoms with Crippen LogP contribution < -0.4 is 11.3 Å². The van der Waals surface area contributed by atoms with Crippen LogP contribution in [0.25, 0.3) is 0 Å². The second kappa shape index (κ2) is 5.27. The molecular weight excluding hydrogens is 180 g/mol. The maximum Gasteiger partial charge on any atom is 0.0301 e. The highest BCUT2D eigenvalue weighted by molar-refractivity contribution is 8.00. The number of hydrogen-bond acceptors (Lipinski definition) is 3. The maximum absolute atomic E-state index is 5.36. The Balaban J connectivity index is 2.50. The minimum Gasteiger partial charge on any atom is -0.271 e. The highest BCUT2D eigenvalue weighted by Gasteiger charge is 2.10. The van der Waals surface area contributed by atoms with E-state index >= 15 is 0 Å². The van der Waals surface area contributed by atoms with Gasteiger partial charge in [-0.3, -0.25) is 11.3 Å². The van der Waals surface area contributed by atoms with E-state index in [1.165, 1.54) is 4.90 Å². The SMILES string of the molecule is C[C@H](NN)[C@H](C)Sc1ccccc1. The number of benzene rings is 1. The molecule has 1 aromatic rings. The molecule has 3 N–H and O–H groups in total. The molecule has 0 heterocycles. The Morgan fingerprint density at radius 2 is 1.85 bits per heavy atom. The number of nitrogens with two attached hydrogens (primary N) is 1. The van der Waals surface area contributed by atoms with Gasteiger partial charge >= 0.3 is 0 Å². The molecule has 0 spiro atoms. The largest absolute Gasteiger partial charge is 0.271 e. The topological polar surface area (TPSA) is 38.0 Å². The molecule has 72 valence electrons. The van der Waals surface area contributed by atoms with E-state index in [-0.39, 0.29) is 0 Å². The molecule has 0 aliphatic rings. The van der Waals surface area contributed by atoms with Crippen molar-refractivity contribution in [1.29, 1.82) is 0 Å². The van der Waals surface area contributed by atoms with E-state index in [0.29, 0.717) is 11.3 Å². The first-order chi connectivity index (χ1) is 6.24. The summed E-state index contributed by atoms with van der Waals surface area (Å²) in [5.41, 5.74) is 2.76. The molecule has 0 saturated carbocycles. The van der Waals surface area contributed by atoms with E-state index in [2.05, 4.69) is 43.5 Å². The Morgan fingerprint density at radius 3 is 2.38 bits per heavy atom. The molecule has 0 amide bonds. The average Bonchev–Trinajstić information content (AvgIpc) is 2.18. The van der Waals surface area contributed by atoms with E-state index in [1.807, 2.05) is 17.8 Å². The third-order valence-corrected chi connectivity index (χ3v) is 3.36. The molecule has 0 fully saturated rings. The summed E-state index contributed by atoms with van der Waals surface area (Å²) in [6.45, 7) is 4.25. The van der Waals surface area contributed by atoms with Gasteiger partial charge < -0.3 is 0 Å². The van der Waals surface area contributed by atoms with Gasteiger partial charge in [-0.05, 0) is 19.1 Å². The summed E-state index contributed by atoms with van der Waals surface area (Å²) in [6, 6.07) is 10.7. The molecule has 3 heteroatoms. The lowest BCUT2D eigenvalue weighted by Crippen LogP contribution is -2.38. The van der Waals surface area contributed by atoms with Crippen molar-refractivity contribution in [1.82, 2.24) is 5.43 Å².